The van der Waals surface area contributed by atoms with Crippen molar-refractivity contribution in [3.05, 3.63) is 63.7 Å². The molecule has 0 bridgehead atoms. The number of esters is 1. The number of hydrogen-bond acceptors (Lipinski definition) is 4. The lowest BCUT2D eigenvalue weighted by molar-refractivity contribution is -0.129. The van der Waals surface area contributed by atoms with Crippen molar-refractivity contribution in [3.63, 3.8) is 0 Å². The van der Waals surface area contributed by atoms with Crippen molar-refractivity contribution < 1.29 is 13.9 Å². The van der Waals surface area contributed by atoms with E-state index in [2.05, 4.69) is 4.99 Å². The van der Waals surface area contributed by atoms with Crippen molar-refractivity contribution in [2.45, 2.75) is 0 Å². The van der Waals surface area contributed by atoms with Gasteiger partial charge in [0.05, 0.1) is 21.9 Å². The van der Waals surface area contributed by atoms with Crippen LogP contribution in [0.15, 0.2) is 51.7 Å². The molecular formula is C14H7Cl2NO3. The summed E-state index contributed by atoms with van der Waals surface area (Å²) in [6.07, 6.45) is 3.00. The lowest BCUT2D eigenvalue weighted by atomic mass is 10.2. The van der Waals surface area contributed by atoms with Crippen LogP contribution in [-0.4, -0.2) is 11.9 Å². The summed E-state index contributed by atoms with van der Waals surface area (Å²) in [5.74, 6) is 0.0758. The Bertz CT molecular complexity index is 733. The Morgan fingerprint density at radius 1 is 1.15 bits per heavy atom. The Balaban J connectivity index is 2.00. The molecule has 4 nitrogen and oxygen atoms in total. The second-order valence-electron chi connectivity index (χ2n) is 3.95. The molecule has 0 N–H and O–H groups in total. The fraction of sp³-hybridized carbons (Fsp3) is 0. The quantitative estimate of drug-likeness (QED) is 0.624. The molecule has 0 aliphatic carbocycles. The number of carbonyl (C=O) groups excluding carboxylic acids is 1. The molecule has 6 heteroatoms. The van der Waals surface area contributed by atoms with Crippen molar-refractivity contribution in [2.75, 3.05) is 0 Å². The van der Waals surface area contributed by atoms with Gasteiger partial charge in [-0.15, -0.1) is 0 Å². The van der Waals surface area contributed by atoms with Crippen LogP contribution in [0.25, 0.3) is 6.08 Å². The van der Waals surface area contributed by atoms with Gasteiger partial charge in [-0.05, 0) is 24.3 Å². The van der Waals surface area contributed by atoms with Gasteiger partial charge in [0.2, 0.25) is 5.90 Å². The molecule has 1 aliphatic rings. The summed E-state index contributed by atoms with van der Waals surface area (Å²) in [5, 5.41) is 0.659. The molecule has 0 radical (unpaired) electrons. The fourth-order valence-electron chi connectivity index (χ4n) is 1.70. The number of hydrogen-bond donors (Lipinski definition) is 0. The van der Waals surface area contributed by atoms with Crippen LogP contribution in [0.5, 0.6) is 0 Å². The van der Waals surface area contributed by atoms with Gasteiger partial charge in [-0.25, -0.2) is 9.79 Å². The van der Waals surface area contributed by atoms with Crippen LogP contribution in [-0.2, 0) is 9.53 Å². The third-order valence-corrected chi connectivity index (χ3v) is 3.44. The van der Waals surface area contributed by atoms with Gasteiger partial charge in [-0.2, -0.15) is 0 Å². The fourth-order valence-corrected chi connectivity index (χ4v) is 2.08. The molecule has 1 aromatic heterocycles. The van der Waals surface area contributed by atoms with E-state index in [0.29, 0.717) is 21.4 Å². The SMILES string of the molecule is O=C1OC(c2cccc(Cl)c2Cl)=NC1=Cc1ccco1. The van der Waals surface area contributed by atoms with E-state index in [-0.39, 0.29) is 11.6 Å². The summed E-state index contributed by atoms with van der Waals surface area (Å²) < 4.78 is 10.2. The molecule has 0 amide bonds. The largest absolute Gasteiger partial charge is 0.465 e. The maximum Gasteiger partial charge on any atom is 0.363 e. The molecule has 100 valence electrons. The molecule has 0 unspecified atom stereocenters. The van der Waals surface area contributed by atoms with Gasteiger partial charge in [-0.1, -0.05) is 29.3 Å². The Morgan fingerprint density at radius 2 is 2.00 bits per heavy atom. The van der Waals surface area contributed by atoms with E-state index in [1.54, 1.807) is 30.3 Å². The van der Waals surface area contributed by atoms with Gasteiger partial charge >= 0.3 is 5.97 Å². The number of ether oxygens (including phenoxy) is 1. The first-order valence-electron chi connectivity index (χ1n) is 5.65. The molecule has 0 saturated carbocycles. The van der Waals surface area contributed by atoms with Gasteiger partial charge < -0.3 is 9.15 Å². The number of cyclic esters (lactones) is 1. The van der Waals surface area contributed by atoms with Crippen molar-refractivity contribution in [1.82, 2.24) is 0 Å². The molecule has 1 aliphatic heterocycles. The number of nitrogens with zero attached hydrogens (tertiary/aromatic N) is 1. The van der Waals surface area contributed by atoms with Crippen LogP contribution >= 0.6 is 23.2 Å². The van der Waals surface area contributed by atoms with E-state index < -0.39 is 5.97 Å². The first-order valence-corrected chi connectivity index (χ1v) is 6.41. The minimum atomic E-state index is -0.563. The van der Waals surface area contributed by atoms with Crippen LogP contribution < -0.4 is 0 Å². The average Bonchev–Trinajstić information content (AvgIpc) is 3.04. The second kappa shape index (κ2) is 5.15. The molecule has 0 spiro atoms. The van der Waals surface area contributed by atoms with Crippen LogP contribution in [0.3, 0.4) is 0 Å². The lowest BCUT2D eigenvalue weighted by Crippen LogP contribution is -2.06. The Kier molecular flexibility index (Phi) is 3.34. The van der Waals surface area contributed by atoms with Gasteiger partial charge in [0.25, 0.3) is 0 Å². The molecule has 1 aromatic carbocycles. The highest BCUT2D eigenvalue weighted by Crippen LogP contribution is 2.29. The summed E-state index contributed by atoms with van der Waals surface area (Å²) >= 11 is 12.0. The van der Waals surface area contributed by atoms with E-state index in [0.717, 1.165) is 0 Å². The highest BCUT2D eigenvalue weighted by atomic mass is 35.5. The van der Waals surface area contributed by atoms with Crippen LogP contribution in [0.2, 0.25) is 10.0 Å². The maximum atomic E-state index is 11.8. The van der Waals surface area contributed by atoms with Crippen molar-refractivity contribution in [1.29, 1.82) is 0 Å². The minimum Gasteiger partial charge on any atom is -0.465 e. The molecule has 2 aromatic rings. The Labute approximate surface area is 124 Å². The maximum absolute atomic E-state index is 11.8. The molecule has 0 saturated heterocycles. The van der Waals surface area contributed by atoms with Gasteiger partial charge in [0.1, 0.15) is 5.76 Å². The topological polar surface area (TPSA) is 51.8 Å². The van der Waals surface area contributed by atoms with Gasteiger partial charge in [0, 0.05) is 6.08 Å². The predicted molar refractivity (Wildman–Crippen MR) is 75.8 cm³/mol. The van der Waals surface area contributed by atoms with Crippen LogP contribution in [0, 0.1) is 0 Å². The number of carbonyl (C=O) groups is 1. The van der Waals surface area contributed by atoms with E-state index in [9.17, 15) is 4.79 Å². The third-order valence-electron chi connectivity index (χ3n) is 2.62. The Hall–Kier alpha value is -2.04. The zero-order valence-corrected chi connectivity index (χ0v) is 11.5. The number of furan rings is 1. The van der Waals surface area contributed by atoms with E-state index in [1.165, 1.54) is 12.3 Å². The van der Waals surface area contributed by atoms with Crippen molar-refractivity contribution in [3.8, 4) is 0 Å². The molecule has 20 heavy (non-hydrogen) atoms. The molecule has 0 fully saturated rings. The monoisotopic (exact) mass is 307 g/mol. The zero-order valence-electron chi connectivity index (χ0n) is 9.97. The van der Waals surface area contributed by atoms with Crippen molar-refractivity contribution >= 4 is 41.1 Å². The molecule has 3 rings (SSSR count). The number of benzene rings is 1. The van der Waals surface area contributed by atoms with E-state index >= 15 is 0 Å². The number of halogens is 2. The standard InChI is InChI=1S/C14H7Cl2NO3/c15-10-5-1-4-9(12(10)16)13-17-11(14(18)20-13)7-8-3-2-6-19-8/h1-7H. The summed E-state index contributed by atoms with van der Waals surface area (Å²) in [6.45, 7) is 0. The zero-order chi connectivity index (χ0) is 14.1. The van der Waals surface area contributed by atoms with Gasteiger partial charge in [0.15, 0.2) is 5.70 Å². The van der Waals surface area contributed by atoms with Gasteiger partial charge in [-0.3, -0.25) is 0 Å². The number of aliphatic imine (C=N–C) groups is 1. The third kappa shape index (κ3) is 2.35. The Morgan fingerprint density at radius 3 is 2.75 bits per heavy atom. The van der Waals surface area contributed by atoms with E-state index in [4.69, 9.17) is 32.4 Å². The number of rotatable bonds is 2. The summed E-state index contributed by atoms with van der Waals surface area (Å²) in [4.78, 5) is 15.9. The van der Waals surface area contributed by atoms with Crippen LogP contribution in [0.1, 0.15) is 11.3 Å². The van der Waals surface area contributed by atoms with Crippen LogP contribution in [0.4, 0.5) is 0 Å². The van der Waals surface area contributed by atoms with Crippen molar-refractivity contribution in [2.24, 2.45) is 4.99 Å². The minimum absolute atomic E-state index is 0.125. The first kappa shape index (κ1) is 13.0. The predicted octanol–water partition coefficient (Wildman–Crippen LogP) is 3.93. The highest BCUT2D eigenvalue weighted by Gasteiger charge is 2.26. The normalized spacial score (nSPS) is 16.4. The average molecular weight is 308 g/mol. The molecular weight excluding hydrogens is 301 g/mol. The first-order chi connectivity index (χ1) is 9.65. The smallest absolute Gasteiger partial charge is 0.363 e. The summed E-state index contributed by atoms with van der Waals surface area (Å²) in [6, 6.07) is 8.44. The summed E-state index contributed by atoms with van der Waals surface area (Å²) in [7, 11) is 0. The highest BCUT2D eigenvalue weighted by molar-refractivity contribution is 6.44. The lowest BCUT2D eigenvalue weighted by Gasteiger charge is -2.03. The summed E-state index contributed by atoms with van der Waals surface area (Å²) in [5.41, 5.74) is 0.612. The molecule has 0 atom stereocenters. The molecule has 2 heterocycles. The second-order valence-corrected chi connectivity index (χ2v) is 4.74. The van der Waals surface area contributed by atoms with E-state index in [1.807, 2.05) is 0 Å².